The first-order valence-corrected chi connectivity index (χ1v) is 6.25. The normalized spacial score (nSPS) is 11.6. The van der Waals surface area contributed by atoms with Gasteiger partial charge in [-0.25, -0.2) is 0 Å². The monoisotopic (exact) mass is 307 g/mol. The van der Waals surface area contributed by atoms with E-state index in [1.807, 2.05) is 19.9 Å². The summed E-state index contributed by atoms with van der Waals surface area (Å²) in [6.07, 6.45) is 0. The van der Waals surface area contributed by atoms with Crippen LogP contribution >= 0.6 is 27.5 Å². The zero-order valence-corrected chi connectivity index (χ0v) is 11.9. The van der Waals surface area contributed by atoms with Crippen LogP contribution in [0.2, 0.25) is 0 Å². The van der Waals surface area contributed by atoms with Crippen LogP contribution in [0.15, 0.2) is 21.2 Å². The zero-order valence-electron chi connectivity index (χ0n) is 9.59. The summed E-state index contributed by atoms with van der Waals surface area (Å²) in [5, 5.41) is 0. The van der Waals surface area contributed by atoms with Crippen LogP contribution in [0.3, 0.4) is 0 Å². The zero-order chi connectivity index (χ0) is 12.3. The van der Waals surface area contributed by atoms with E-state index < -0.39 is 5.41 Å². The van der Waals surface area contributed by atoms with E-state index in [0.29, 0.717) is 17.1 Å². The number of hydrogen-bond donors (Lipinski definition) is 0. The molecule has 0 aliphatic heterocycles. The van der Waals surface area contributed by atoms with Crippen molar-refractivity contribution in [2.45, 2.75) is 20.4 Å². The maximum atomic E-state index is 12.0. The first-order chi connectivity index (χ1) is 7.36. The van der Waals surface area contributed by atoms with E-state index in [-0.39, 0.29) is 5.91 Å². The van der Waals surface area contributed by atoms with Gasteiger partial charge in [0.05, 0.1) is 12.0 Å². The van der Waals surface area contributed by atoms with Gasteiger partial charge in [0, 0.05) is 12.9 Å². The van der Waals surface area contributed by atoms with Crippen molar-refractivity contribution in [3.05, 3.63) is 22.6 Å². The number of amides is 1. The number of rotatable bonds is 4. The molecule has 0 N–H and O–H groups in total. The van der Waals surface area contributed by atoms with E-state index in [0.717, 1.165) is 5.76 Å². The Morgan fingerprint density at radius 3 is 2.62 bits per heavy atom. The molecule has 0 aliphatic rings. The summed E-state index contributed by atoms with van der Waals surface area (Å²) in [4.78, 5) is 13.6. The summed E-state index contributed by atoms with van der Waals surface area (Å²) in [7, 11) is 1.74. The highest BCUT2D eigenvalue weighted by Gasteiger charge is 2.29. The second-order valence-electron chi connectivity index (χ2n) is 4.38. The van der Waals surface area contributed by atoms with Crippen molar-refractivity contribution in [2.24, 2.45) is 5.41 Å². The molecule has 0 atom stereocenters. The Morgan fingerprint density at radius 1 is 1.56 bits per heavy atom. The van der Waals surface area contributed by atoms with Gasteiger partial charge in [0.15, 0.2) is 4.67 Å². The molecule has 0 spiro atoms. The molecule has 0 aliphatic carbocycles. The molecular weight excluding hydrogens is 293 g/mol. The van der Waals surface area contributed by atoms with Crippen LogP contribution < -0.4 is 0 Å². The molecule has 1 aromatic heterocycles. The molecular formula is C11H15BrClNO2. The molecule has 0 bridgehead atoms. The van der Waals surface area contributed by atoms with E-state index in [4.69, 9.17) is 16.0 Å². The molecule has 3 nitrogen and oxygen atoms in total. The number of alkyl halides is 1. The van der Waals surface area contributed by atoms with Gasteiger partial charge in [-0.15, -0.1) is 11.6 Å². The van der Waals surface area contributed by atoms with Crippen LogP contribution in [0.25, 0.3) is 0 Å². The molecule has 0 unspecified atom stereocenters. The minimum absolute atomic E-state index is 0.00928. The smallest absolute Gasteiger partial charge is 0.229 e. The molecule has 1 rings (SSSR count). The van der Waals surface area contributed by atoms with Gasteiger partial charge < -0.3 is 9.32 Å². The van der Waals surface area contributed by atoms with Gasteiger partial charge in [0.25, 0.3) is 0 Å². The van der Waals surface area contributed by atoms with E-state index >= 15 is 0 Å². The largest absolute Gasteiger partial charge is 0.452 e. The summed E-state index contributed by atoms with van der Waals surface area (Å²) in [5.41, 5.74) is -0.542. The highest BCUT2D eigenvalue weighted by atomic mass is 79.9. The molecule has 0 saturated carbocycles. The Morgan fingerprint density at radius 2 is 2.19 bits per heavy atom. The molecule has 5 heteroatoms. The van der Waals surface area contributed by atoms with Crippen LogP contribution in [0.5, 0.6) is 0 Å². The van der Waals surface area contributed by atoms with E-state index in [1.54, 1.807) is 18.0 Å². The molecule has 0 radical (unpaired) electrons. The maximum Gasteiger partial charge on any atom is 0.229 e. The van der Waals surface area contributed by atoms with E-state index in [9.17, 15) is 4.79 Å². The number of carbonyl (C=O) groups is 1. The van der Waals surface area contributed by atoms with Gasteiger partial charge in [-0.1, -0.05) is 0 Å². The van der Waals surface area contributed by atoms with E-state index in [2.05, 4.69) is 15.9 Å². The van der Waals surface area contributed by atoms with Gasteiger partial charge in [-0.3, -0.25) is 4.79 Å². The van der Waals surface area contributed by atoms with Crippen molar-refractivity contribution < 1.29 is 9.21 Å². The minimum atomic E-state index is -0.542. The van der Waals surface area contributed by atoms with Gasteiger partial charge in [-0.05, 0) is 41.9 Å². The fourth-order valence-electron chi connectivity index (χ4n) is 1.32. The average Bonchev–Trinajstić information content (AvgIpc) is 2.62. The Balaban J connectivity index is 2.65. The van der Waals surface area contributed by atoms with Crippen molar-refractivity contribution in [1.82, 2.24) is 4.90 Å². The van der Waals surface area contributed by atoms with Crippen molar-refractivity contribution >= 4 is 33.4 Å². The maximum absolute atomic E-state index is 12.0. The number of furan rings is 1. The van der Waals surface area contributed by atoms with Crippen LogP contribution in [-0.2, 0) is 11.3 Å². The summed E-state index contributed by atoms with van der Waals surface area (Å²) in [5.74, 6) is 1.06. The highest BCUT2D eigenvalue weighted by molar-refractivity contribution is 9.10. The first-order valence-electron chi connectivity index (χ1n) is 4.92. The summed E-state index contributed by atoms with van der Waals surface area (Å²) >= 11 is 8.98. The minimum Gasteiger partial charge on any atom is -0.452 e. The predicted molar refractivity (Wildman–Crippen MR) is 67.4 cm³/mol. The molecule has 16 heavy (non-hydrogen) atoms. The molecule has 0 aromatic carbocycles. The fraction of sp³-hybridized carbons (Fsp3) is 0.545. The Hall–Kier alpha value is -0.480. The van der Waals surface area contributed by atoms with Crippen molar-refractivity contribution in [3.63, 3.8) is 0 Å². The lowest BCUT2D eigenvalue weighted by Gasteiger charge is -2.26. The summed E-state index contributed by atoms with van der Waals surface area (Å²) in [6, 6.07) is 3.64. The third-order valence-corrected chi connectivity index (χ3v) is 3.38. The average molecular weight is 309 g/mol. The number of carbonyl (C=O) groups excluding carboxylic acids is 1. The predicted octanol–water partition coefficient (Wildman–Crippen LogP) is 3.27. The topological polar surface area (TPSA) is 33.5 Å². The van der Waals surface area contributed by atoms with Gasteiger partial charge in [0.2, 0.25) is 5.91 Å². The molecule has 0 fully saturated rings. The van der Waals surface area contributed by atoms with Gasteiger partial charge in [0.1, 0.15) is 5.76 Å². The third-order valence-electron chi connectivity index (χ3n) is 2.28. The second-order valence-corrected chi connectivity index (χ2v) is 5.43. The molecule has 1 heterocycles. The number of nitrogens with zero attached hydrogens (tertiary/aromatic N) is 1. The lowest BCUT2D eigenvalue weighted by atomic mass is 9.94. The molecule has 1 amide bonds. The lowest BCUT2D eigenvalue weighted by Crippen LogP contribution is -2.39. The quantitative estimate of drug-likeness (QED) is 0.800. The number of hydrogen-bond acceptors (Lipinski definition) is 2. The van der Waals surface area contributed by atoms with E-state index in [1.165, 1.54) is 0 Å². The standard InChI is InChI=1S/C11H15BrClNO2/c1-11(2,7-13)10(15)14(3)6-8-4-5-9(12)16-8/h4-5H,6-7H2,1-3H3. The Kier molecular flexibility index (Phi) is 4.44. The fourth-order valence-corrected chi connectivity index (χ4v) is 1.77. The van der Waals surface area contributed by atoms with Gasteiger partial charge in [-0.2, -0.15) is 0 Å². The van der Waals surface area contributed by atoms with Gasteiger partial charge >= 0.3 is 0 Å². The lowest BCUT2D eigenvalue weighted by molar-refractivity contribution is -0.138. The van der Waals surface area contributed by atoms with Crippen molar-refractivity contribution in [3.8, 4) is 0 Å². The first kappa shape index (κ1) is 13.6. The summed E-state index contributed by atoms with van der Waals surface area (Å²) in [6.45, 7) is 4.11. The number of halogens is 2. The van der Waals surface area contributed by atoms with Crippen LogP contribution in [-0.4, -0.2) is 23.7 Å². The Bertz CT molecular complexity index is 376. The van der Waals surface area contributed by atoms with Crippen LogP contribution in [0, 0.1) is 5.41 Å². The highest BCUT2D eigenvalue weighted by Crippen LogP contribution is 2.22. The van der Waals surface area contributed by atoms with Crippen LogP contribution in [0.1, 0.15) is 19.6 Å². The second kappa shape index (κ2) is 5.23. The SMILES string of the molecule is CN(Cc1ccc(Br)o1)C(=O)C(C)(C)CCl. The Labute approximate surface area is 109 Å². The molecule has 90 valence electrons. The van der Waals surface area contributed by atoms with Crippen molar-refractivity contribution in [2.75, 3.05) is 12.9 Å². The van der Waals surface area contributed by atoms with Crippen LogP contribution in [0.4, 0.5) is 0 Å². The van der Waals surface area contributed by atoms with Crippen molar-refractivity contribution in [1.29, 1.82) is 0 Å². The molecule has 0 saturated heterocycles. The summed E-state index contributed by atoms with van der Waals surface area (Å²) < 4.78 is 6.01. The third kappa shape index (κ3) is 3.25. The molecule has 1 aromatic rings.